The number of carbonyl (C=O) groups excluding carboxylic acids is 2. The number of aromatic carboxylic acids is 1. The van der Waals surface area contributed by atoms with Crippen molar-refractivity contribution in [2.75, 3.05) is 40.5 Å². The molecule has 0 radical (unpaired) electrons. The summed E-state index contributed by atoms with van der Waals surface area (Å²) in [6.45, 7) is 2.05. The van der Waals surface area contributed by atoms with E-state index in [4.69, 9.17) is 37.4 Å². The van der Waals surface area contributed by atoms with Gasteiger partial charge in [0.25, 0.3) is 0 Å². The van der Waals surface area contributed by atoms with E-state index in [1.54, 1.807) is 48.5 Å². The lowest BCUT2D eigenvalue weighted by molar-refractivity contribution is -0.904. The number of carboxylic acids is 1. The summed E-state index contributed by atoms with van der Waals surface area (Å²) in [4.78, 5) is 29.7. The number of fused-ring (bicyclic) bond motifs is 3. The molecule has 3 aliphatic heterocycles. The summed E-state index contributed by atoms with van der Waals surface area (Å²) in [5.41, 5.74) is 0.481. The van der Waals surface area contributed by atoms with Crippen molar-refractivity contribution in [3.63, 3.8) is 0 Å². The van der Waals surface area contributed by atoms with E-state index in [1.165, 1.54) is 26.6 Å². The average molecular weight is 757 g/mol. The lowest BCUT2D eigenvalue weighted by atomic mass is 9.85. The van der Waals surface area contributed by atoms with Crippen LogP contribution in [0.3, 0.4) is 0 Å². The van der Waals surface area contributed by atoms with Crippen LogP contribution in [-0.2, 0) is 28.0 Å². The first-order chi connectivity index (χ1) is 24.6. The minimum Gasteiger partial charge on any atom is -0.544 e. The van der Waals surface area contributed by atoms with Crippen LogP contribution in [0.2, 0.25) is 10.0 Å². The Morgan fingerprint density at radius 3 is 2.33 bits per heavy atom. The molecule has 3 aliphatic rings. The summed E-state index contributed by atoms with van der Waals surface area (Å²) in [5, 5.41) is 37.3. The number of aromatic nitrogens is 1. The smallest absolute Gasteiger partial charge is 0.333 e. The molecule has 5 heterocycles. The van der Waals surface area contributed by atoms with Crippen LogP contribution in [0.4, 0.5) is 0 Å². The zero-order chi connectivity index (χ0) is 36.3. The lowest BCUT2D eigenvalue weighted by Gasteiger charge is -2.45. The van der Waals surface area contributed by atoms with Crippen LogP contribution < -0.4 is 24.6 Å². The van der Waals surface area contributed by atoms with Gasteiger partial charge >= 0.3 is 5.97 Å². The highest BCUT2D eigenvalue weighted by Crippen LogP contribution is 2.41. The third kappa shape index (κ3) is 7.67. The van der Waals surface area contributed by atoms with Gasteiger partial charge in [0.15, 0.2) is 17.0 Å². The fourth-order valence-corrected chi connectivity index (χ4v) is 8.73. The number of carboxylic acid groups (broad SMARTS) is 1. The molecule has 0 spiro atoms. The minimum absolute atomic E-state index is 0.0196. The summed E-state index contributed by atoms with van der Waals surface area (Å²) in [7, 11) is 3.02. The Morgan fingerprint density at radius 1 is 1.06 bits per heavy atom. The fourth-order valence-electron chi connectivity index (χ4n) is 7.13. The van der Waals surface area contributed by atoms with E-state index in [9.17, 15) is 25.0 Å². The van der Waals surface area contributed by atoms with Crippen molar-refractivity contribution in [3.8, 4) is 11.5 Å². The molecule has 51 heavy (non-hydrogen) atoms. The van der Waals surface area contributed by atoms with Gasteiger partial charge in [-0.25, -0.2) is 4.79 Å². The molecule has 3 fully saturated rings. The molecule has 1 unspecified atom stereocenters. The van der Waals surface area contributed by atoms with Gasteiger partial charge in [0.1, 0.15) is 16.1 Å². The van der Waals surface area contributed by atoms with Crippen LogP contribution in [0.15, 0.2) is 67.0 Å². The molecule has 2 aromatic carbocycles. The predicted octanol–water partition coefficient (Wildman–Crippen LogP) is 3.95. The Balaban J connectivity index is 1.37. The second kappa shape index (κ2) is 15.8. The molecule has 0 aliphatic carbocycles. The summed E-state index contributed by atoms with van der Waals surface area (Å²) < 4.78 is 17.9. The number of aliphatic hydroxyl groups is 1. The predicted molar refractivity (Wildman–Crippen MR) is 189 cm³/mol. The number of rotatable bonds is 14. The van der Waals surface area contributed by atoms with Gasteiger partial charge in [-0.05, 0) is 73.2 Å². The quantitative estimate of drug-likeness (QED) is 0.0984. The number of esters is 1. The third-order valence-electron chi connectivity index (χ3n) is 9.93. The maximum Gasteiger partial charge on any atom is 0.333 e. The van der Waals surface area contributed by atoms with E-state index in [2.05, 4.69) is 10.2 Å². The van der Waals surface area contributed by atoms with Crippen LogP contribution in [0, 0.1) is 5.92 Å². The van der Waals surface area contributed by atoms with E-state index in [0.717, 1.165) is 42.0 Å². The normalized spacial score (nSPS) is 20.0. The molecule has 4 aromatic rings. The maximum absolute atomic E-state index is 14.1. The molecular weight excluding hydrogens is 717 g/mol. The largest absolute Gasteiger partial charge is 0.544 e. The number of thiophene rings is 1. The van der Waals surface area contributed by atoms with Gasteiger partial charge in [0, 0.05) is 34.2 Å². The molecule has 0 amide bonds. The number of benzene rings is 2. The van der Waals surface area contributed by atoms with Crippen molar-refractivity contribution < 1.29 is 44.0 Å². The van der Waals surface area contributed by atoms with Crippen LogP contribution in [-0.4, -0.2) is 73.7 Å². The molecule has 3 N–H and O–H groups in total. The van der Waals surface area contributed by atoms with E-state index in [1.807, 2.05) is 6.07 Å². The topological polar surface area (TPSA) is 144 Å². The van der Waals surface area contributed by atoms with Crippen molar-refractivity contribution in [1.29, 1.82) is 0 Å². The fraction of sp³-hybridized carbons (Fsp3) is 0.378. The lowest BCUT2D eigenvalue weighted by Crippen LogP contribution is -2.57. The average Bonchev–Trinajstić information content (AvgIpc) is 3.57. The summed E-state index contributed by atoms with van der Waals surface area (Å²) in [5.74, 6) is -1.43. The number of methoxy groups -OCH3 is 2. The highest BCUT2D eigenvalue weighted by molar-refractivity contribution is 7.14. The van der Waals surface area contributed by atoms with Crippen LogP contribution in [0.5, 0.6) is 11.5 Å². The number of nitrogens with one attached hydrogen (secondary N) is 1. The van der Waals surface area contributed by atoms with Crippen molar-refractivity contribution in [1.82, 2.24) is 10.2 Å². The number of hydrogen-bond acceptors (Lipinski definition) is 11. The molecule has 0 saturated carbocycles. The minimum atomic E-state index is -1.62. The van der Waals surface area contributed by atoms with Crippen molar-refractivity contribution in [2.24, 2.45) is 5.92 Å². The number of nitrogens with zero attached hydrogens (tertiary/aromatic N) is 2. The first kappa shape index (κ1) is 36.9. The summed E-state index contributed by atoms with van der Waals surface area (Å²) >= 11 is 14.1. The van der Waals surface area contributed by atoms with Gasteiger partial charge in [-0.2, -0.15) is 0 Å². The number of piperidine rings is 3. The molecule has 270 valence electrons. The molecule has 2 aromatic heterocycles. The van der Waals surface area contributed by atoms with Gasteiger partial charge in [-0.15, -0.1) is 11.3 Å². The van der Waals surface area contributed by atoms with Crippen LogP contribution in [0.25, 0.3) is 0 Å². The van der Waals surface area contributed by atoms with Gasteiger partial charge in [-0.3, -0.25) is 15.4 Å². The summed E-state index contributed by atoms with van der Waals surface area (Å²) in [6.07, 6.45) is 4.36. The van der Waals surface area contributed by atoms with E-state index in [-0.39, 0.29) is 39.9 Å². The number of ether oxygens (including phenoxy) is 3. The van der Waals surface area contributed by atoms with E-state index in [0.29, 0.717) is 45.2 Å². The maximum atomic E-state index is 14.1. The first-order valence-corrected chi connectivity index (χ1v) is 18.1. The Kier molecular flexibility index (Phi) is 11.4. The molecule has 3 saturated heterocycles. The van der Waals surface area contributed by atoms with E-state index < -0.39 is 30.0 Å². The molecule has 3 atom stereocenters. The van der Waals surface area contributed by atoms with Crippen molar-refractivity contribution in [2.45, 2.75) is 43.4 Å². The monoisotopic (exact) mass is 755 g/mol. The van der Waals surface area contributed by atoms with Crippen molar-refractivity contribution in [3.05, 3.63) is 109 Å². The number of aliphatic hydroxyl groups excluding tert-OH is 1. The Hall–Kier alpha value is -3.91. The Morgan fingerprint density at radius 2 is 1.75 bits per heavy atom. The van der Waals surface area contributed by atoms with Gasteiger partial charge in [-0.1, -0.05) is 59.6 Å². The van der Waals surface area contributed by atoms with Gasteiger partial charge in [0.2, 0.25) is 12.4 Å². The number of hydrogen-bond donors (Lipinski definition) is 3. The van der Waals surface area contributed by atoms with Crippen molar-refractivity contribution >= 4 is 46.5 Å². The van der Waals surface area contributed by atoms with E-state index >= 15 is 0 Å². The first-order valence-electron chi connectivity index (χ1n) is 16.6. The Bertz CT molecular complexity index is 1860. The second-order valence-corrected chi connectivity index (χ2v) is 14.8. The molecular formula is C37H39Cl2N3O8S. The third-order valence-corrected chi connectivity index (χ3v) is 11.7. The van der Waals surface area contributed by atoms with Crippen LogP contribution >= 0.6 is 34.5 Å². The van der Waals surface area contributed by atoms with Crippen LogP contribution in [0.1, 0.15) is 55.6 Å². The standard InChI is InChI=1S/C37H39Cl2N3O8S/c1-48-31-9-8-23(14-32(31)49-2)26(16-28-29(38)18-42(47)19-30(28)39)27-15-25(51-34(27)35(44)45)17-40-37(21-43,24-6-4-3-5-7-24)36(46)50-33-20-41-12-10-22(33)11-13-41/h3-9,14-15,18-19,22,26,33,40,43H,10-13,16-17,20-21H2,1-2H3,(H-,44,45,47)/t26-,33-,37?/m0/s1. The molecule has 7 rings (SSSR count). The Labute approximate surface area is 309 Å². The zero-order valence-electron chi connectivity index (χ0n) is 28.1. The molecule has 2 bridgehead atoms. The highest BCUT2D eigenvalue weighted by Gasteiger charge is 2.45. The number of carbonyl (C=O) groups is 2. The van der Waals surface area contributed by atoms with Gasteiger partial charge < -0.3 is 29.2 Å². The highest BCUT2D eigenvalue weighted by atomic mass is 35.5. The zero-order valence-corrected chi connectivity index (χ0v) is 30.5. The molecule has 11 nitrogen and oxygen atoms in total. The second-order valence-electron chi connectivity index (χ2n) is 12.8. The summed E-state index contributed by atoms with van der Waals surface area (Å²) in [6, 6.07) is 15.9. The van der Waals surface area contributed by atoms with Gasteiger partial charge in [0.05, 0.1) is 31.7 Å². The SMILES string of the molecule is COc1ccc([C@H](Cc2c(Cl)c[n+](O)cc2Cl)c2cc(CNC(CO)(C(=O)O[C@H]3CN4CCC3CC4)c3ccccc3)sc2C(=O)[O-])cc1OC. The number of halogens is 2. The molecule has 14 heteroatoms. The number of pyridine rings is 1.